The third kappa shape index (κ3) is 3.01. The molecule has 2 rings (SSSR count). The first-order valence-electron chi connectivity index (χ1n) is 6.17. The molecule has 1 aromatic carbocycles. The summed E-state index contributed by atoms with van der Waals surface area (Å²) in [4.78, 5) is 14.1. The molecule has 7 heteroatoms. The normalized spacial score (nSPS) is 10.7. The highest BCUT2D eigenvalue weighted by atomic mass is 35.5. The monoisotopic (exact) mass is 298 g/mol. The first-order valence-corrected chi connectivity index (χ1v) is 6.54. The van der Waals surface area contributed by atoms with Gasteiger partial charge in [-0.05, 0) is 43.6 Å². The lowest BCUT2D eigenvalue weighted by molar-refractivity contribution is 0.509. The van der Waals surface area contributed by atoms with E-state index in [0.29, 0.717) is 24.6 Å². The number of benzene rings is 1. The summed E-state index contributed by atoms with van der Waals surface area (Å²) >= 11 is 5.87. The van der Waals surface area contributed by atoms with E-state index in [9.17, 15) is 8.78 Å². The molecular formula is C13H13ClF2N4. The Morgan fingerprint density at radius 1 is 1.05 bits per heavy atom. The van der Waals surface area contributed by atoms with Crippen LogP contribution >= 0.6 is 11.6 Å². The van der Waals surface area contributed by atoms with E-state index in [-0.39, 0.29) is 11.1 Å². The molecule has 4 nitrogen and oxygen atoms in total. The minimum Gasteiger partial charge on any atom is -0.341 e. The average Bonchev–Trinajstić information content (AvgIpc) is 2.42. The summed E-state index contributed by atoms with van der Waals surface area (Å²) in [5, 5.41) is 0.0154. The molecule has 0 radical (unpaired) electrons. The predicted molar refractivity (Wildman–Crippen MR) is 73.8 cm³/mol. The van der Waals surface area contributed by atoms with Gasteiger partial charge in [0.05, 0.1) is 0 Å². The van der Waals surface area contributed by atoms with E-state index < -0.39 is 11.6 Å². The van der Waals surface area contributed by atoms with E-state index >= 15 is 0 Å². The highest BCUT2D eigenvalue weighted by Crippen LogP contribution is 2.21. The minimum absolute atomic E-state index is 0.0154. The standard InChI is InChI=1S/C13H13ClF2N4/c1-3-20(4-2)13-18-11(17-12(14)19-13)8-5-6-9(15)10(16)7-8/h5-7H,3-4H2,1-2H3. The van der Waals surface area contributed by atoms with Gasteiger partial charge in [-0.2, -0.15) is 15.0 Å². The number of hydrogen-bond acceptors (Lipinski definition) is 4. The predicted octanol–water partition coefficient (Wildman–Crippen LogP) is 3.32. The fourth-order valence-electron chi connectivity index (χ4n) is 1.75. The van der Waals surface area contributed by atoms with Crippen LogP contribution in [0.25, 0.3) is 11.4 Å². The van der Waals surface area contributed by atoms with Gasteiger partial charge in [0.1, 0.15) is 0 Å². The van der Waals surface area contributed by atoms with Crippen LogP contribution < -0.4 is 4.90 Å². The first-order chi connectivity index (χ1) is 9.55. The summed E-state index contributed by atoms with van der Waals surface area (Å²) in [7, 11) is 0. The van der Waals surface area contributed by atoms with Gasteiger partial charge in [0.25, 0.3) is 0 Å². The second-order valence-corrected chi connectivity index (χ2v) is 4.37. The van der Waals surface area contributed by atoms with Crippen LogP contribution in [-0.2, 0) is 0 Å². The number of halogens is 3. The van der Waals surface area contributed by atoms with E-state index in [1.807, 2.05) is 18.7 Å². The Bertz CT molecular complexity index is 617. The molecule has 0 amide bonds. The Morgan fingerprint density at radius 3 is 2.35 bits per heavy atom. The van der Waals surface area contributed by atoms with Gasteiger partial charge >= 0.3 is 0 Å². The van der Waals surface area contributed by atoms with Crippen molar-refractivity contribution in [2.75, 3.05) is 18.0 Å². The SMILES string of the molecule is CCN(CC)c1nc(Cl)nc(-c2ccc(F)c(F)c2)n1. The number of nitrogens with zero attached hydrogens (tertiary/aromatic N) is 4. The van der Waals surface area contributed by atoms with Crippen molar-refractivity contribution in [2.24, 2.45) is 0 Å². The molecule has 0 unspecified atom stereocenters. The first kappa shape index (κ1) is 14.6. The molecule has 0 atom stereocenters. The molecule has 0 saturated carbocycles. The van der Waals surface area contributed by atoms with Gasteiger partial charge in [0, 0.05) is 18.7 Å². The fraction of sp³-hybridized carbons (Fsp3) is 0.308. The molecule has 0 N–H and O–H groups in total. The fourth-order valence-corrected chi connectivity index (χ4v) is 1.91. The van der Waals surface area contributed by atoms with Crippen molar-refractivity contribution < 1.29 is 8.78 Å². The zero-order valence-electron chi connectivity index (χ0n) is 11.1. The third-order valence-electron chi connectivity index (χ3n) is 2.82. The molecule has 0 bridgehead atoms. The summed E-state index contributed by atoms with van der Waals surface area (Å²) in [5.74, 6) is -1.25. The Balaban J connectivity index is 2.48. The number of anilines is 1. The maximum absolute atomic E-state index is 13.3. The van der Waals surface area contributed by atoms with Crippen LogP contribution in [-0.4, -0.2) is 28.0 Å². The number of rotatable bonds is 4. The minimum atomic E-state index is -0.955. The third-order valence-corrected chi connectivity index (χ3v) is 2.99. The molecule has 106 valence electrons. The van der Waals surface area contributed by atoms with E-state index in [0.717, 1.165) is 12.1 Å². The topological polar surface area (TPSA) is 41.9 Å². The molecule has 0 spiro atoms. The Kier molecular flexibility index (Phi) is 4.44. The van der Waals surface area contributed by atoms with Crippen molar-refractivity contribution in [3.63, 3.8) is 0 Å². The summed E-state index contributed by atoms with van der Waals surface area (Å²) in [6, 6.07) is 3.46. The van der Waals surface area contributed by atoms with Crippen molar-refractivity contribution in [1.82, 2.24) is 15.0 Å². The lowest BCUT2D eigenvalue weighted by Gasteiger charge is -2.18. The van der Waals surface area contributed by atoms with Crippen LogP contribution in [0.4, 0.5) is 14.7 Å². The molecule has 0 aliphatic carbocycles. The van der Waals surface area contributed by atoms with Crippen molar-refractivity contribution >= 4 is 17.5 Å². The highest BCUT2D eigenvalue weighted by Gasteiger charge is 2.13. The van der Waals surface area contributed by atoms with Crippen LogP contribution in [0.2, 0.25) is 5.28 Å². The number of hydrogen-bond donors (Lipinski definition) is 0. The van der Waals surface area contributed by atoms with Crippen LogP contribution in [0.5, 0.6) is 0 Å². The van der Waals surface area contributed by atoms with Gasteiger partial charge in [0.15, 0.2) is 17.5 Å². The van der Waals surface area contributed by atoms with E-state index in [2.05, 4.69) is 15.0 Å². The van der Waals surface area contributed by atoms with Crippen LogP contribution in [0.1, 0.15) is 13.8 Å². The van der Waals surface area contributed by atoms with Gasteiger partial charge < -0.3 is 4.90 Å². The molecule has 0 aliphatic heterocycles. The Hall–Kier alpha value is -1.82. The second kappa shape index (κ2) is 6.09. The van der Waals surface area contributed by atoms with Crippen molar-refractivity contribution in [2.45, 2.75) is 13.8 Å². The van der Waals surface area contributed by atoms with Gasteiger partial charge in [-0.3, -0.25) is 0 Å². The zero-order valence-corrected chi connectivity index (χ0v) is 11.8. The maximum Gasteiger partial charge on any atom is 0.230 e. The van der Waals surface area contributed by atoms with Gasteiger partial charge in [0.2, 0.25) is 11.2 Å². The summed E-state index contributed by atoms with van der Waals surface area (Å²) in [6.07, 6.45) is 0. The molecular weight excluding hydrogens is 286 g/mol. The maximum atomic E-state index is 13.3. The van der Waals surface area contributed by atoms with Crippen LogP contribution in [0.15, 0.2) is 18.2 Å². The van der Waals surface area contributed by atoms with Gasteiger partial charge in [-0.1, -0.05) is 0 Å². The molecule has 0 aliphatic rings. The van der Waals surface area contributed by atoms with E-state index in [4.69, 9.17) is 11.6 Å². The van der Waals surface area contributed by atoms with Gasteiger partial charge in [-0.15, -0.1) is 0 Å². The van der Waals surface area contributed by atoms with Crippen molar-refractivity contribution in [1.29, 1.82) is 0 Å². The lowest BCUT2D eigenvalue weighted by Crippen LogP contribution is -2.24. The summed E-state index contributed by atoms with van der Waals surface area (Å²) < 4.78 is 26.2. The number of aromatic nitrogens is 3. The van der Waals surface area contributed by atoms with Crippen LogP contribution in [0.3, 0.4) is 0 Å². The largest absolute Gasteiger partial charge is 0.341 e. The molecule has 0 saturated heterocycles. The molecule has 1 heterocycles. The molecule has 2 aromatic rings. The Labute approximate surface area is 120 Å². The zero-order chi connectivity index (χ0) is 14.7. The smallest absolute Gasteiger partial charge is 0.230 e. The molecule has 0 fully saturated rings. The van der Waals surface area contributed by atoms with Crippen LogP contribution in [0, 0.1) is 11.6 Å². The Morgan fingerprint density at radius 2 is 1.75 bits per heavy atom. The van der Waals surface area contributed by atoms with E-state index in [1.54, 1.807) is 0 Å². The quantitative estimate of drug-likeness (QED) is 0.868. The molecule has 20 heavy (non-hydrogen) atoms. The molecule has 1 aromatic heterocycles. The van der Waals surface area contributed by atoms with Crippen molar-refractivity contribution in [3.05, 3.63) is 35.1 Å². The lowest BCUT2D eigenvalue weighted by atomic mass is 10.2. The summed E-state index contributed by atoms with van der Waals surface area (Å²) in [6.45, 7) is 5.32. The summed E-state index contributed by atoms with van der Waals surface area (Å²) in [5.41, 5.74) is 0.349. The highest BCUT2D eigenvalue weighted by molar-refractivity contribution is 6.28. The van der Waals surface area contributed by atoms with E-state index in [1.165, 1.54) is 6.07 Å². The van der Waals surface area contributed by atoms with Gasteiger partial charge in [-0.25, -0.2) is 8.78 Å². The second-order valence-electron chi connectivity index (χ2n) is 4.03. The van der Waals surface area contributed by atoms with Crippen molar-refractivity contribution in [3.8, 4) is 11.4 Å². The average molecular weight is 299 g/mol.